The fraction of sp³-hybridized carbons (Fsp3) is 0.238. The topological polar surface area (TPSA) is 56.5 Å². The van der Waals surface area contributed by atoms with E-state index in [1.54, 1.807) is 18.2 Å². The van der Waals surface area contributed by atoms with E-state index in [2.05, 4.69) is 0 Å². The molecule has 2 aromatic carbocycles. The average molecular weight is 336 g/mol. The van der Waals surface area contributed by atoms with Crippen LogP contribution >= 0.6 is 0 Å². The van der Waals surface area contributed by atoms with E-state index in [1.165, 1.54) is 0 Å². The van der Waals surface area contributed by atoms with Gasteiger partial charge in [0.25, 0.3) is 0 Å². The lowest BCUT2D eigenvalue weighted by molar-refractivity contribution is -0.133. The largest absolute Gasteiger partial charge is 0.425 e. The van der Waals surface area contributed by atoms with E-state index in [4.69, 9.17) is 9.15 Å². The van der Waals surface area contributed by atoms with Crippen LogP contribution in [0, 0.1) is 0 Å². The molecule has 4 heteroatoms. The third kappa shape index (κ3) is 3.97. The van der Waals surface area contributed by atoms with Crippen molar-refractivity contribution in [3.8, 4) is 5.75 Å². The summed E-state index contributed by atoms with van der Waals surface area (Å²) in [6.45, 7) is 2.05. The number of ether oxygens (including phenoxy) is 1. The molecule has 0 atom stereocenters. The molecule has 4 nitrogen and oxygen atoms in total. The van der Waals surface area contributed by atoms with Gasteiger partial charge in [0.2, 0.25) is 0 Å². The van der Waals surface area contributed by atoms with Crippen molar-refractivity contribution in [2.24, 2.45) is 0 Å². The van der Waals surface area contributed by atoms with Crippen LogP contribution in [-0.2, 0) is 17.6 Å². The van der Waals surface area contributed by atoms with Crippen molar-refractivity contribution < 1.29 is 13.9 Å². The Bertz CT molecular complexity index is 926. The van der Waals surface area contributed by atoms with E-state index in [-0.39, 0.29) is 12.4 Å². The van der Waals surface area contributed by atoms with Crippen LogP contribution in [0.4, 0.5) is 0 Å². The molecule has 0 aliphatic rings. The second-order valence-electron chi connectivity index (χ2n) is 5.93. The van der Waals surface area contributed by atoms with Gasteiger partial charge in [-0.25, -0.2) is 4.79 Å². The number of para-hydroxylation sites is 1. The minimum absolute atomic E-state index is 0.155. The van der Waals surface area contributed by atoms with Crippen molar-refractivity contribution in [2.75, 3.05) is 0 Å². The molecule has 0 saturated carbocycles. The Hall–Kier alpha value is -2.88. The number of hydrogen-bond donors (Lipinski definition) is 0. The predicted molar refractivity (Wildman–Crippen MR) is 96.9 cm³/mol. The number of rotatable bonds is 6. The monoisotopic (exact) mass is 336 g/mol. The molecule has 0 radical (unpaired) electrons. The molecular formula is C21H20O4. The molecule has 1 aromatic heterocycles. The first-order valence-electron chi connectivity index (χ1n) is 8.48. The molecule has 0 aliphatic carbocycles. The van der Waals surface area contributed by atoms with E-state index in [0.717, 1.165) is 18.4 Å². The molecule has 0 spiro atoms. The van der Waals surface area contributed by atoms with Crippen LogP contribution in [0.1, 0.15) is 30.9 Å². The first-order valence-corrected chi connectivity index (χ1v) is 8.48. The highest BCUT2D eigenvalue weighted by Crippen LogP contribution is 2.29. The summed E-state index contributed by atoms with van der Waals surface area (Å²) in [6.07, 6.45) is 2.44. The van der Waals surface area contributed by atoms with Crippen LogP contribution in [0.25, 0.3) is 11.0 Å². The Morgan fingerprint density at radius 3 is 2.52 bits per heavy atom. The van der Waals surface area contributed by atoms with E-state index in [9.17, 15) is 9.59 Å². The molecule has 0 N–H and O–H groups in total. The summed E-state index contributed by atoms with van der Waals surface area (Å²) in [4.78, 5) is 24.7. The summed E-state index contributed by atoms with van der Waals surface area (Å²) in [5.41, 5.74) is 1.29. The quantitative estimate of drug-likeness (QED) is 0.498. The minimum Gasteiger partial charge on any atom is -0.425 e. The highest BCUT2D eigenvalue weighted by Gasteiger charge is 2.18. The number of carbonyl (C=O) groups excluding carboxylic acids is 1. The summed E-state index contributed by atoms with van der Waals surface area (Å²) in [6, 6.07) is 16.5. The van der Waals surface area contributed by atoms with Gasteiger partial charge in [0.05, 0.1) is 17.4 Å². The molecule has 0 amide bonds. The summed E-state index contributed by atoms with van der Waals surface area (Å²) in [7, 11) is 0. The van der Waals surface area contributed by atoms with Crippen LogP contribution in [0.2, 0.25) is 0 Å². The van der Waals surface area contributed by atoms with Crippen molar-refractivity contribution in [1.29, 1.82) is 0 Å². The Morgan fingerprint density at radius 1 is 1.04 bits per heavy atom. The average Bonchev–Trinajstić information content (AvgIpc) is 2.62. The van der Waals surface area contributed by atoms with Crippen LogP contribution < -0.4 is 10.4 Å². The number of hydrogen-bond acceptors (Lipinski definition) is 4. The Kier molecular flexibility index (Phi) is 5.29. The van der Waals surface area contributed by atoms with Crippen LogP contribution in [0.3, 0.4) is 0 Å². The van der Waals surface area contributed by atoms with Crippen molar-refractivity contribution in [3.63, 3.8) is 0 Å². The number of benzene rings is 2. The highest BCUT2D eigenvalue weighted by molar-refractivity contribution is 5.88. The van der Waals surface area contributed by atoms with E-state index in [1.807, 2.05) is 43.3 Å². The standard InChI is InChI=1S/C21H20O4/c1-2-3-11-17-20(16-12-7-8-13-18(16)24-21(17)23)25-19(22)14-15-9-5-4-6-10-15/h4-10,12-13H,2-3,11,14H2,1H3. The Balaban J connectivity index is 1.97. The van der Waals surface area contributed by atoms with Gasteiger partial charge in [0.1, 0.15) is 5.58 Å². The first-order chi connectivity index (χ1) is 12.2. The Morgan fingerprint density at radius 2 is 1.76 bits per heavy atom. The van der Waals surface area contributed by atoms with Crippen molar-refractivity contribution in [2.45, 2.75) is 32.6 Å². The predicted octanol–water partition coefficient (Wildman–Crippen LogP) is 4.28. The zero-order valence-electron chi connectivity index (χ0n) is 14.2. The van der Waals surface area contributed by atoms with Crippen LogP contribution in [0.5, 0.6) is 5.75 Å². The third-order valence-electron chi connectivity index (χ3n) is 4.04. The van der Waals surface area contributed by atoms with E-state index in [0.29, 0.717) is 28.7 Å². The zero-order chi connectivity index (χ0) is 17.6. The SMILES string of the molecule is CCCCc1c(OC(=O)Cc2ccccc2)c2ccccc2oc1=O. The second kappa shape index (κ2) is 7.79. The van der Waals surface area contributed by atoms with Gasteiger partial charge in [0, 0.05) is 0 Å². The number of unbranched alkanes of at least 4 members (excludes halogenated alkanes) is 1. The second-order valence-corrected chi connectivity index (χ2v) is 5.93. The van der Waals surface area contributed by atoms with Crippen molar-refractivity contribution >= 4 is 16.9 Å². The highest BCUT2D eigenvalue weighted by atomic mass is 16.5. The molecule has 0 unspecified atom stereocenters. The van der Waals surface area contributed by atoms with E-state index >= 15 is 0 Å². The van der Waals surface area contributed by atoms with Gasteiger partial charge in [-0.3, -0.25) is 4.79 Å². The van der Waals surface area contributed by atoms with Crippen molar-refractivity contribution in [3.05, 3.63) is 76.1 Å². The first kappa shape index (κ1) is 17.0. The van der Waals surface area contributed by atoms with Gasteiger partial charge < -0.3 is 9.15 Å². The van der Waals surface area contributed by atoms with Gasteiger partial charge in [0.15, 0.2) is 5.75 Å². The fourth-order valence-electron chi connectivity index (χ4n) is 2.76. The molecule has 3 aromatic rings. The maximum Gasteiger partial charge on any atom is 0.343 e. The molecule has 25 heavy (non-hydrogen) atoms. The van der Waals surface area contributed by atoms with Crippen LogP contribution in [-0.4, -0.2) is 5.97 Å². The lowest BCUT2D eigenvalue weighted by Gasteiger charge is -2.11. The molecule has 128 valence electrons. The summed E-state index contributed by atoms with van der Waals surface area (Å²) in [5, 5.41) is 0.648. The molecule has 0 aliphatic heterocycles. The van der Waals surface area contributed by atoms with Crippen LogP contribution in [0.15, 0.2) is 63.8 Å². The normalized spacial score (nSPS) is 10.8. The summed E-state index contributed by atoms with van der Waals surface area (Å²) in [5.74, 6) is -0.0547. The Labute approximate surface area is 146 Å². The molecule has 3 rings (SSSR count). The zero-order valence-corrected chi connectivity index (χ0v) is 14.2. The molecule has 1 heterocycles. The van der Waals surface area contributed by atoms with Gasteiger partial charge in [-0.05, 0) is 30.5 Å². The smallest absolute Gasteiger partial charge is 0.343 e. The maximum atomic E-state index is 12.4. The number of fused-ring (bicyclic) bond motifs is 1. The lowest BCUT2D eigenvalue weighted by atomic mass is 10.1. The molecular weight excluding hydrogens is 316 g/mol. The van der Waals surface area contributed by atoms with Gasteiger partial charge in [-0.1, -0.05) is 55.8 Å². The van der Waals surface area contributed by atoms with Gasteiger partial charge >= 0.3 is 11.6 Å². The lowest BCUT2D eigenvalue weighted by Crippen LogP contribution is -2.17. The van der Waals surface area contributed by atoms with E-state index < -0.39 is 5.63 Å². The van der Waals surface area contributed by atoms with Gasteiger partial charge in [-0.15, -0.1) is 0 Å². The van der Waals surface area contributed by atoms with Gasteiger partial charge in [-0.2, -0.15) is 0 Å². The maximum absolute atomic E-state index is 12.4. The fourth-order valence-corrected chi connectivity index (χ4v) is 2.76. The van der Waals surface area contributed by atoms with Crippen molar-refractivity contribution in [1.82, 2.24) is 0 Å². The molecule has 0 saturated heterocycles. The molecule has 0 bridgehead atoms. The number of carbonyl (C=O) groups is 1. The summed E-state index contributed by atoms with van der Waals surface area (Å²) < 4.78 is 11.0. The third-order valence-corrected chi connectivity index (χ3v) is 4.04. The summed E-state index contributed by atoms with van der Waals surface area (Å²) >= 11 is 0. The minimum atomic E-state index is -0.435. The molecule has 0 fully saturated rings. The number of esters is 1.